The van der Waals surface area contributed by atoms with Gasteiger partial charge >= 0.3 is 6.18 Å². The van der Waals surface area contributed by atoms with Gasteiger partial charge in [0.2, 0.25) is 0 Å². The van der Waals surface area contributed by atoms with Crippen LogP contribution in [0.5, 0.6) is 0 Å². The van der Waals surface area contributed by atoms with E-state index in [0.29, 0.717) is 29.7 Å². The average molecular weight is 475 g/mol. The van der Waals surface area contributed by atoms with Crippen LogP contribution in [0.2, 0.25) is 0 Å². The highest BCUT2D eigenvalue weighted by atomic mass is 19.4. The first-order valence-corrected chi connectivity index (χ1v) is 11.9. The summed E-state index contributed by atoms with van der Waals surface area (Å²) < 4.78 is 64.9. The van der Waals surface area contributed by atoms with Gasteiger partial charge < -0.3 is 9.47 Å². The molecule has 4 rings (SSSR count). The maximum Gasteiger partial charge on any atom is 0.416 e. The molecule has 2 nitrogen and oxygen atoms in total. The van der Waals surface area contributed by atoms with Crippen molar-refractivity contribution in [3.05, 3.63) is 82.7 Å². The second-order valence-electron chi connectivity index (χ2n) is 9.08. The Morgan fingerprint density at radius 3 is 2.21 bits per heavy atom. The maximum absolute atomic E-state index is 15.1. The first kappa shape index (κ1) is 24.7. The summed E-state index contributed by atoms with van der Waals surface area (Å²) >= 11 is 0. The molecule has 3 aromatic carbocycles. The lowest BCUT2D eigenvalue weighted by Crippen LogP contribution is -2.32. The largest absolute Gasteiger partial charge is 0.416 e. The number of ether oxygens (including phenoxy) is 2. The van der Waals surface area contributed by atoms with Crippen LogP contribution < -0.4 is 0 Å². The molecule has 0 unspecified atom stereocenters. The van der Waals surface area contributed by atoms with Crippen LogP contribution in [-0.4, -0.2) is 19.5 Å². The number of hydrogen-bond acceptors (Lipinski definition) is 2. The third kappa shape index (κ3) is 6.16. The van der Waals surface area contributed by atoms with E-state index in [4.69, 9.17) is 9.47 Å². The first-order valence-electron chi connectivity index (χ1n) is 11.9. The van der Waals surface area contributed by atoms with Gasteiger partial charge in [0.05, 0.1) is 18.8 Å². The molecule has 0 saturated carbocycles. The fraction of sp³-hybridized carbons (Fsp3) is 0.429. The van der Waals surface area contributed by atoms with Crippen molar-refractivity contribution >= 4 is 10.8 Å². The third-order valence-electron chi connectivity index (χ3n) is 6.46. The molecule has 182 valence electrons. The molecule has 3 aromatic rings. The summed E-state index contributed by atoms with van der Waals surface area (Å²) in [6.07, 6.45) is 0.156. The Kier molecular flexibility index (Phi) is 7.89. The molecule has 0 bridgehead atoms. The Morgan fingerprint density at radius 2 is 1.53 bits per heavy atom. The van der Waals surface area contributed by atoms with E-state index >= 15 is 4.39 Å². The normalized spacial score (nSPS) is 19.0. The van der Waals surface area contributed by atoms with E-state index in [9.17, 15) is 13.2 Å². The highest BCUT2D eigenvalue weighted by Crippen LogP contribution is 2.30. The Bertz CT molecular complexity index is 1080. The minimum atomic E-state index is -4.35. The number of hydrogen-bond donors (Lipinski definition) is 0. The van der Waals surface area contributed by atoms with E-state index < -0.39 is 11.7 Å². The zero-order chi connectivity index (χ0) is 24.1. The SMILES string of the molecule is CCCC1COC(CCc2ccc3c(F)c(CCc4ccc(C(F)(F)F)cc4)ccc3c2)OC1. The molecule has 34 heavy (non-hydrogen) atoms. The number of rotatable bonds is 8. The summed E-state index contributed by atoms with van der Waals surface area (Å²) in [5, 5.41) is 1.39. The molecule has 1 heterocycles. The van der Waals surface area contributed by atoms with Crippen LogP contribution in [0.1, 0.15) is 48.4 Å². The van der Waals surface area contributed by atoms with Crippen LogP contribution in [0, 0.1) is 11.7 Å². The molecule has 0 atom stereocenters. The van der Waals surface area contributed by atoms with Crippen LogP contribution >= 0.6 is 0 Å². The van der Waals surface area contributed by atoms with Crippen molar-refractivity contribution in [2.45, 2.75) is 57.9 Å². The highest BCUT2D eigenvalue weighted by Gasteiger charge is 2.29. The predicted molar refractivity (Wildman–Crippen MR) is 125 cm³/mol. The van der Waals surface area contributed by atoms with Crippen molar-refractivity contribution in [2.24, 2.45) is 5.92 Å². The lowest BCUT2D eigenvalue weighted by atomic mass is 9.97. The van der Waals surface area contributed by atoms with Gasteiger partial charge in [-0.3, -0.25) is 0 Å². The number of halogens is 4. The van der Waals surface area contributed by atoms with E-state index in [-0.39, 0.29) is 12.1 Å². The molecule has 0 radical (unpaired) electrons. The topological polar surface area (TPSA) is 18.5 Å². The van der Waals surface area contributed by atoms with Gasteiger partial charge in [0, 0.05) is 17.7 Å². The van der Waals surface area contributed by atoms with E-state index in [1.807, 2.05) is 24.3 Å². The molecule has 0 N–H and O–H groups in total. The van der Waals surface area contributed by atoms with Crippen molar-refractivity contribution in [1.29, 1.82) is 0 Å². The molecular weight excluding hydrogens is 444 g/mol. The fourth-order valence-corrected chi connectivity index (χ4v) is 4.48. The van der Waals surface area contributed by atoms with Gasteiger partial charge in [0.25, 0.3) is 0 Å². The lowest BCUT2D eigenvalue weighted by Gasteiger charge is -2.29. The van der Waals surface area contributed by atoms with E-state index in [1.54, 1.807) is 6.07 Å². The second-order valence-corrected chi connectivity index (χ2v) is 9.08. The van der Waals surface area contributed by atoms with Crippen LogP contribution in [-0.2, 0) is 34.9 Å². The molecule has 1 saturated heterocycles. The first-order chi connectivity index (χ1) is 16.3. The van der Waals surface area contributed by atoms with Crippen molar-refractivity contribution in [3.63, 3.8) is 0 Å². The second kappa shape index (κ2) is 10.9. The highest BCUT2D eigenvalue weighted by molar-refractivity contribution is 5.84. The maximum atomic E-state index is 15.1. The molecule has 6 heteroatoms. The summed E-state index contributed by atoms with van der Waals surface area (Å²) in [5.74, 6) is 0.218. The van der Waals surface area contributed by atoms with Crippen LogP contribution in [0.15, 0.2) is 54.6 Å². The Labute approximate surface area is 197 Å². The van der Waals surface area contributed by atoms with Crippen molar-refractivity contribution in [2.75, 3.05) is 13.2 Å². The van der Waals surface area contributed by atoms with Gasteiger partial charge in [0.1, 0.15) is 5.82 Å². The van der Waals surface area contributed by atoms with Crippen LogP contribution in [0.3, 0.4) is 0 Å². The summed E-state index contributed by atoms with van der Waals surface area (Å²) in [4.78, 5) is 0. The smallest absolute Gasteiger partial charge is 0.352 e. The van der Waals surface area contributed by atoms with Gasteiger partial charge in [0.15, 0.2) is 6.29 Å². The quantitative estimate of drug-likeness (QED) is 0.315. The number of benzene rings is 3. The van der Waals surface area contributed by atoms with Gasteiger partial charge in [-0.15, -0.1) is 0 Å². The molecule has 0 amide bonds. The Morgan fingerprint density at radius 1 is 0.824 bits per heavy atom. The third-order valence-corrected chi connectivity index (χ3v) is 6.46. The van der Waals surface area contributed by atoms with Crippen molar-refractivity contribution in [1.82, 2.24) is 0 Å². The zero-order valence-electron chi connectivity index (χ0n) is 19.3. The minimum Gasteiger partial charge on any atom is -0.352 e. The van der Waals surface area contributed by atoms with Gasteiger partial charge in [-0.25, -0.2) is 4.39 Å². The monoisotopic (exact) mass is 474 g/mol. The number of fused-ring (bicyclic) bond motifs is 1. The molecule has 1 aliphatic heterocycles. The van der Waals surface area contributed by atoms with Crippen LogP contribution in [0.4, 0.5) is 17.6 Å². The van der Waals surface area contributed by atoms with Crippen molar-refractivity contribution in [3.8, 4) is 0 Å². The minimum absolute atomic E-state index is 0.187. The van der Waals surface area contributed by atoms with E-state index in [0.717, 1.165) is 67.5 Å². The Hall–Kier alpha value is -2.44. The number of alkyl halides is 3. The molecule has 0 aliphatic carbocycles. The molecule has 1 fully saturated rings. The standard InChI is InChI=1S/C28H30F4O2/c1-2-3-21-17-33-26(34-18-21)15-8-20-7-14-25-23(16-20)11-10-22(27(25)29)9-4-19-5-12-24(13-6-19)28(30,31)32/h5-7,10-14,16,21,26H,2-4,8-9,15,17-18H2,1H3. The molecular formula is C28H30F4O2. The van der Waals surface area contributed by atoms with Gasteiger partial charge in [-0.05, 0) is 59.9 Å². The molecule has 0 aromatic heterocycles. The summed E-state index contributed by atoms with van der Waals surface area (Å²) in [7, 11) is 0. The zero-order valence-corrected chi connectivity index (χ0v) is 19.3. The fourth-order valence-electron chi connectivity index (χ4n) is 4.48. The van der Waals surface area contributed by atoms with E-state index in [2.05, 4.69) is 6.92 Å². The Balaban J connectivity index is 1.35. The predicted octanol–water partition coefficient (Wildman–Crippen LogP) is 7.50. The van der Waals surface area contributed by atoms with Crippen molar-refractivity contribution < 1.29 is 27.0 Å². The van der Waals surface area contributed by atoms with Gasteiger partial charge in [-0.1, -0.05) is 55.8 Å². The molecule has 1 aliphatic rings. The molecule has 0 spiro atoms. The van der Waals surface area contributed by atoms with Gasteiger partial charge in [-0.2, -0.15) is 13.2 Å². The lowest BCUT2D eigenvalue weighted by molar-refractivity contribution is -0.203. The van der Waals surface area contributed by atoms with Crippen LogP contribution in [0.25, 0.3) is 10.8 Å². The van der Waals surface area contributed by atoms with E-state index in [1.165, 1.54) is 12.1 Å². The summed E-state index contributed by atoms with van der Waals surface area (Å²) in [5.41, 5.74) is 1.74. The summed E-state index contributed by atoms with van der Waals surface area (Å²) in [6, 6.07) is 14.5. The number of aryl methyl sites for hydroxylation is 3. The average Bonchev–Trinajstić information content (AvgIpc) is 2.83. The summed E-state index contributed by atoms with van der Waals surface area (Å²) in [6.45, 7) is 3.66.